The van der Waals surface area contributed by atoms with Crippen LogP contribution in [0.15, 0.2) is 22.7 Å². The van der Waals surface area contributed by atoms with Gasteiger partial charge in [-0.3, -0.25) is 0 Å². The van der Waals surface area contributed by atoms with Crippen LogP contribution >= 0.6 is 15.9 Å². The van der Waals surface area contributed by atoms with E-state index in [9.17, 15) is 0 Å². The minimum Gasteiger partial charge on any atom is -0.370 e. The van der Waals surface area contributed by atoms with Gasteiger partial charge in [-0.15, -0.1) is 0 Å². The molecule has 2 nitrogen and oxygen atoms in total. The second kappa shape index (κ2) is 6.76. The van der Waals surface area contributed by atoms with Crippen LogP contribution in [-0.4, -0.2) is 19.6 Å². The quantitative estimate of drug-likeness (QED) is 0.899. The summed E-state index contributed by atoms with van der Waals surface area (Å²) in [4.78, 5) is 2.53. The van der Waals surface area contributed by atoms with Crippen LogP contribution in [0.2, 0.25) is 0 Å². The smallest absolute Gasteiger partial charge is 0.0511 e. The molecular formula is C16H25BrN2. The topological polar surface area (TPSA) is 15.3 Å². The molecule has 2 rings (SSSR count). The average Bonchev–Trinajstić information content (AvgIpc) is 2.35. The fourth-order valence-electron chi connectivity index (χ4n) is 3.05. The van der Waals surface area contributed by atoms with Gasteiger partial charge in [-0.2, -0.15) is 0 Å². The van der Waals surface area contributed by atoms with Crippen LogP contribution in [0.1, 0.15) is 32.8 Å². The van der Waals surface area contributed by atoms with Crippen molar-refractivity contribution in [2.75, 3.05) is 24.5 Å². The Morgan fingerprint density at radius 3 is 2.53 bits per heavy atom. The van der Waals surface area contributed by atoms with E-state index in [2.05, 4.69) is 65.1 Å². The number of nitrogens with one attached hydrogen (secondary N) is 1. The molecule has 0 bridgehead atoms. The fraction of sp³-hybridized carbons (Fsp3) is 0.625. The van der Waals surface area contributed by atoms with Gasteiger partial charge in [0.05, 0.1) is 5.69 Å². The molecule has 106 valence electrons. The summed E-state index contributed by atoms with van der Waals surface area (Å²) >= 11 is 3.74. The molecule has 2 unspecified atom stereocenters. The van der Waals surface area contributed by atoms with Gasteiger partial charge in [-0.1, -0.05) is 26.8 Å². The van der Waals surface area contributed by atoms with Crippen LogP contribution in [-0.2, 0) is 6.54 Å². The number of hydrogen-bond donors (Lipinski definition) is 1. The largest absolute Gasteiger partial charge is 0.370 e. The Labute approximate surface area is 125 Å². The normalized spacial score (nSPS) is 23.7. The molecule has 0 radical (unpaired) electrons. The van der Waals surface area contributed by atoms with Gasteiger partial charge < -0.3 is 10.2 Å². The van der Waals surface area contributed by atoms with E-state index in [1.165, 1.54) is 35.2 Å². The predicted molar refractivity (Wildman–Crippen MR) is 86.7 cm³/mol. The standard InChI is InChI=1S/C16H25BrN2/c1-4-18-9-14-5-6-16(15(17)8-14)19-10-12(2)7-13(3)11-19/h5-6,8,12-13,18H,4,7,9-11H2,1-3H3. The van der Waals surface area contributed by atoms with E-state index in [-0.39, 0.29) is 0 Å². The molecular weight excluding hydrogens is 300 g/mol. The zero-order valence-corrected chi connectivity index (χ0v) is 13.8. The Kier molecular flexibility index (Phi) is 5.28. The predicted octanol–water partition coefficient (Wildman–Crippen LogP) is 4.04. The van der Waals surface area contributed by atoms with Crippen LogP contribution in [0.5, 0.6) is 0 Å². The maximum Gasteiger partial charge on any atom is 0.0511 e. The average molecular weight is 325 g/mol. The third-order valence-electron chi connectivity index (χ3n) is 3.80. The Morgan fingerprint density at radius 1 is 1.26 bits per heavy atom. The van der Waals surface area contributed by atoms with Gasteiger partial charge in [0, 0.05) is 24.1 Å². The summed E-state index contributed by atoms with van der Waals surface area (Å²) in [5.41, 5.74) is 2.69. The lowest BCUT2D eigenvalue weighted by Gasteiger charge is -2.37. The van der Waals surface area contributed by atoms with E-state index in [0.717, 1.165) is 24.9 Å². The van der Waals surface area contributed by atoms with E-state index in [4.69, 9.17) is 0 Å². The minimum atomic E-state index is 0.789. The summed E-state index contributed by atoms with van der Waals surface area (Å²) in [5.74, 6) is 1.58. The molecule has 1 N–H and O–H groups in total. The van der Waals surface area contributed by atoms with Crippen molar-refractivity contribution in [2.24, 2.45) is 11.8 Å². The second-order valence-corrected chi connectivity index (χ2v) is 6.77. The molecule has 2 atom stereocenters. The zero-order valence-electron chi connectivity index (χ0n) is 12.2. The Morgan fingerprint density at radius 2 is 1.95 bits per heavy atom. The lowest BCUT2D eigenvalue weighted by Crippen LogP contribution is -2.38. The molecule has 1 fully saturated rings. The highest BCUT2D eigenvalue weighted by Crippen LogP contribution is 2.32. The summed E-state index contributed by atoms with van der Waals surface area (Å²) in [6.07, 6.45) is 1.35. The monoisotopic (exact) mass is 324 g/mol. The molecule has 0 saturated carbocycles. The van der Waals surface area contributed by atoms with Gasteiger partial charge in [0.1, 0.15) is 0 Å². The van der Waals surface area contributed by atoms with Gasteiger partial charge in [-0.05, 0) is 58.4 Å². The van der Waals surface area contributed by atoms with E-state index in [0.29, 0.717) is 0 Å². The van der Waals surface area contributed by atoms with Gasteiger partial charge in [0.25, 0.3) is 0 Å². The molecule has 1 saturated heterocycles. The van der Waals surface area contributed by atoms with E-state index in [1.54, 1.807) is 0 Å². The van der Waals surface area contributed by atoms with Crippen LogP contribution in [0.3, 0.4) is 0 Å². The van der Waals surface area contributed by atoms with Crippen molar-refractivity contribution in [1.82, 2.24) is 5.32 Å². The maximum atomic E-state index is 3.74. The molecule has 1 aliphatic rings. The van der Waals surface area contributed by atoms with Crippen molar-refractivity contribution in [2.45, 2.75) is 33.7 Å². The number of rotatable bonds is 4. The molecule has 1 aromatic carbocycles. The number of halogens is 1. The third-order valence-corrected chi connectivity index (χ3v) is 4.44. The lowest BCUT2D eigenvalue weighted by molar-refractivity contribution is 0.356. The minimum absolute atomic E-state index is 0.789. The van der Waals surface area contributed by atoms with Crippen LogP contribution < -0.4 is 10.2 Å². The molecule has 0 aromatic heterocycles. The fourth-order valence-corrected chi connectivity index (χ4v) is 3.72. The third kappa shape index (κ3) is 3.96. The zero-order chi connectivity index (χ0) is 13.8. The highest BCUT2D eigenvalue weighted by Gasteiger charge is 2.23. The summed E-state index contributed by atoms with van der Waals surface area (Å²) in [7, 11) is 0. The molecule has 0 amide bonds. The Balaban J connectivity index is 2.11. The SMILES string of the molecule is CCNCc1ccc(N2CC(C)CC(C)C2)c(Br)c1. The number of piperidine rings is 1. The first-order chi connectivity index (χ1) is 9.10. The summed E-state index contributed by atoms with van der Waals surface area (Å²) in [6, 6.07) is 6.76. The number of benzene rings is 1. The van der Waals surface area contributed by atoms with Crippen molar-refractivity contribution in [3.63, 3.8) is 0 Å². The molecule has 1 aliphatic heterocycles. The molecule has 0 aliphatic carbocycles. The maximum absolute atomic E-state index is 3.74. The van der Waals surface area contributed by atoms with Crippen molar-refractivity contribution >= 4 is 21.6 Å². The van der Waals surface area contributed by atoms with E-state index in [1.807, 2.05) is 0 Å². The van der Waals surface area contributed by atoms with Crippen molar-refractivity contribution in [3.05, 3.63) is 28.2 Å². The molecule has 1 heterocycles. The molecule has 1 aromatic rings. The molecule has 0 spiro atoms. The van der Waals surface area contributed by atoms with Crippen molar-refractivity contribution < 1.29 is 0 Å². The van der Waals surface area contributed by atoms with Gasteiger partial charge >= 0.3 is 0 Å². The van der Waals surface area contributed by atoms with Gasteiger partial charge in [0.2, 0.25) is 0 Å². The summed E-state index contributed by atoms with van der Waals surface area (Å²) in [6.45, 7) is 11.2. The number of hydrogen-bond acceptors (Lipinski definition) is 2. The molecule has 19 heavy (non-hydrogen) atoms. The number of nitrogens with zero attached hydrogens (tertiary/aromatic N) is 1. The van der Waals surface area contributed by atoms with Crippen LogP contribution in [0.25, 0.3) is 0 Å². The van der Waals surface area contributed by atoms with E-state index < -0.39 is 0 Å². The van der Waals surface area contributed by atoms with E-state index >= 15 is 0 Å². The second-order valence-electron chi connectivity index (χ2n) is 5.92. The Bertz CT molecular complexity index is 409. The van der Waals surface area contributed by atoms with Gasteiger partial charge in [0.15, 0.2) is 0 Å². The highest BCUT2D eigenvalue weighted by molar-refractivity contribution is 9.10. The molecule has 3 heteroatoms. The summed E-state index contributed by atoms with van der Waals surface area (Å²) in [5, 5.41) is 3.37. The Hall–Kier alpha value is -0.540. The first-order valence-corrected chi connectivity index (χ1v) is 8.13. The van der Waals surface area contributed by atoms with Crippen molar-refractivity contribution in [3.8, 4) is 0 Å². The first kappa shape index (κ1) is 14.9. The van der Waals surface area contributed by atoms with Crippen LogP contribution in [0.4, 0.5) is 5.69 Å². The first-order valence-electron chi connectivity index (χ1n) is 7.34. The summed E-state index contributed by atoms with van der Waals surface area (Å²) < 4.78 is 1.23. The highest BCUT2D eigenvalue weighted by atomic mass is 79.9. The number of anilines is 1. The van der Waals surface area contributed by atoms with Crippen molar-refractivity contribution in [1.29, 1.82) is 0 Å². The van der Waals surface area contributed by atoms with Crippen LogP contribution in [0, 0.1) is 11.8 Å². The lowest BCUT2D eigenvalue weighted by atomic mass is 9.91. The van der Waals surface area contributed by atoms with Gasteiger partial charge in [-0.25, -0.2) is 0 Å².